The summed E-state index contributed by atoms with van der Waals surface area (Å²) in [6, 6.07) is 3.16. The van der Waals surface area contributed by atoms with E-state index in [4.69, 9.17) is 9.47 Å². The van der Waals surface area contributed by atoms with Crippen LogP contribution in [0, 0.1) is 17.2 Å². The van der Waals surface area contributed by atoms with Crippen LogP contribution in [0.15, 0.2) is 0 Å². The Balaban J connectivity index is 1.79. The van der Waals surface area contributed by atoms with Gasteiger partial charge in [-0.1, -0.05) is 6.42 Å². The number of nitrogens with one attached hydrogen (secondary N) is 1. The molecule has 2 saturated carbocycles. The Hall–Kier alpha value is -0.630. The smallest absolute Gasteiger partial charge is 0.109 e. The Morgan fingerprint density at radius 1 is 1.42 bits per heavy atom. The third kappa shape index (κ3) is 3.92. The molecule has 2 aliphatic rings. The van der Waals surface area contributed by atoms with Gasteiger partial charge in [-0.15, -0.1) is 0 Å². The topological polar surface area (TPSA) is 54.3 Å². The van der Waals surface area contributed by atoms with Crippen molar-refractivity contribution >= 4 is 0 Å². The Morgan fingerprint density at radius 3 is 2.84 bits per heavy atom. The molecule has 0 saturated heterocycles. The van der Waals surface area contributed by atoms with Crippen molar-refractivity contribution in [3.63, 3.8) is 0 Å². The highest BCUT2D eigenvalue weighted by atomic mass is 16.5. The number of hydrogen-bond acceptors (Lipinski definition) is 4. The highest BCUT2D eigenvalue weighted by Gasteiger charge is 2.45. The average Bonchev–Trinajstić information content (AvgIpc) is 3.11. The lowest BCUT2D eigenvalue weighted by molar-refractivity contribution is 0.00179. The summed E-state index contributed by atoms with van der Waals surface area (Å²) in [6.07, 6.45) is 6.88. The van der Waals surface area contributed by atoms with Gasteiger partial charge in [0, 0.05) is 19.8 Å². The normalized spacial score (nSPS) is 32.2. The molecule has 3 unspecified atom stereocenters. The predicted octanol–water partition coefficient (Wildman–Crippen LogP) is 2.24. The number of methoxy groups -OCH3 is 1. The molecule has 0 aromatic carbocycles. The third-order valence-electron chi connectivity index (χ3n) is 4.33. The van der Waals surface area contributed by atoms with Crippen LogP contribution in [-0.4, -0.2) is 38.0 Å². The van der Waals surface area contributed by atoms with Crippen molar-refractivity contribution in [2.24, 2.45) is 5.92 Å². The Morgan fingerprint density at radius 2 is 2.21 bits per heavy atom. The van der Waals surface area contributed by atoms with Gasteiger partial charge in [0.05, 0.1) is 18.8 Å². The zero-order valence-electron chi connectivity index (χ0n) is 12.2. The quantitative estimate of drug-likeness (QED) is 0.732. The number of nitrogens with zero attached hydrogens (tertiary/aromatic N) is 1. The van der Waals surface area contributed by atoms with Crippen molar-refractivity contribution < 1.29 is 9.47 Å². The van der Waals surface area contributed by atoms with Crippen LogP contribution in [0.1, 0.15) is 45.4 Å². The Labute approximate surface area is 116 Å². The van der Waals surface area contributed by atoms with E-state index in [2.05, 4.69) is 11.4 Å². The fraction of sp³-hybridized carbons (Fsp3) is 0.933. The molecule has 108 valence electrons. The predicted molar refractivity (Wildman–Crippen MR) is 73.7 cm³/mol. The van der Waals surface area contributed by atoms with Crippen molar-refractivity contribution in [1.82, 2.24) is 5.32 Å². The van der Waals surface area contributed by atoms with Crippen LogP contribution in [0.4, 0.5) is 0 Å². The lowest BCUT2D eigenvalue weighted by atomic mass is 9.86. The van der Waals surface area contributed by atoms with Crippen molar-refractivity contribution in [2.45, 2.75) is 63.1 Å². The monoisotopic (exact) mass is 266 g/mol. The first-order chi connectivity index (χ1) is 9.20. The first-order valence-corrected chi connectivity index (χ1v) is 7.49. The van der Waals surface area contributed by atoms with Gasteiger partial charge in [0.15, 0.2) is 0 Å². The van der Waals surface area contributed by atoms with Crippen molar-refractivity contribution in [1.29, 1.82) is 5.26 Å². The summed E-state index contributed by atoms with van der Waals surface area (Å²) in [5.74, 6) is 0.438. The van der Waals surface area contributed by atoms with E-state index in [0.717, 1.165) is 32.3 Å². The van der Waals surface area contributed by atoms with Gasteiger partial charge in [-0.3, -0.25) is 5.32 Å². The minimum absolute atomic E-state index is 0.138. The summed E-state index contributed by atoms with van der Waals surface area (Å²) in [5.41, 5.74) is -0.283. The second-order valence-corrected chi connectivity index (χ2v) is 6.02. The summed E-state index contributed by atoms with van der Waals surface area (Å²) in [6.45, 7) is 3.39. The van der Waals surface area contributed by atoms with E-state index in [9.17, 15) is 5.26 Å². The Kier molecular flexibility index (Phi) is 5.20. The SMILES string of the molecule is COCC(C)OCCC1CCCC1(C#N)NC1CC1. The molecule has 0 aliphatic heterocycles. The molecule has 0 bridgehead atoms. The standard InChI is InChI=1S/C15H26N2O2/c1-12(10-18-2)19-9-7-13-4-3-8-15(13,11-16)17-14-5-6-14/h12-14,17H,3-10H2,1-2H3. The lowest BCUT2D eigenvalue weighted by Gasteiger charge is -2.30. The number of rotatable bonds is 8. The van der Waals surface area contributed by atoms with Crippen molar-refractivity contribution in [3.05, 3.63) is 0 Å². The van der Waals surface area contributed by atoms with Crippen LogP contribution in [0.5, 0.6) is 0 Å². The molecular weight excluding hydrogens is 240 g/mol. The van der Waals surface area contributed by atoms with Crippen LogP contribution in [0.2, 0.25) is 0 Å². The number of hydrogen-bond donors (Lipinski definition) is 1. The van der Waals surface area contributed by atoms with Crippen LogP contribution in [0.25, 0.3) is 0 Å². The van der Waals surface area contributed by atoms with E-state index in [1.807, 2.05) is 6.92 Å². The van der Waals surface area contributed by atoms with Gasteiger partial charge >= 0.3 is 0 Å². The molecule has 2 fully saturated rings. The van der Waals surface area contributed by atoms with Gasteiger partial charge in [-0.05, 0) is 44.9 Å². The fourth-order valence-electron chi connectivity index (χ4n) is 3.12. The van der Waals surface area contributed by atoms with Gasteiger partial charge < -0.3 is 9.47 Å². The van der Waals surface area contributed by atoms with E-state index in [1.54, 1.807) is 7.11 Å². The van der Waals surface area contributed by atoms with Crippen LogP contribution < -0.4 is 5.32 Å². The lowest BCUT2D eigenvalue weighted by Crippen LogP contribution is -2.48. The van der Waals surface area contributed by atoms with E-state index < -0.39 is 0 Å². The highest BCUT2D eigenvalue weighted by molar-refractivity contribution is 5.16. The molecule has 4 heteroatoms. The maximum atomic E-state index is 9.58. The summed E-state index contributed by atoms with van der Waals surface area (Å²) < 4.78 is 10.8. The minimum atomic E-state index is -0.283. The molecule has 0 aromatic heterocycles. The van der Waals surface area contributed by atoms with E-state index in [-0.39, 0.29) is 11.6 Å². The van der Waals surface area contributed by atoms with Gasteiger partial charge in [0.1, 0.15) is 5.54 Å². The number of nitriles is 1. The minimum Gasteiger partial charge on any atom is -0.382 e. The van der Waals surface area contributed by atoms with Gasteiger partial charge in [-0.25, -0.2) is 0 Å². The molecule has 19 heavy (non-hydrogen) atoms. The van der Waals surface area contributed by atoms with E-state index >= 15 is 0 Å². The molecular formula is C15H26N2O2. The number of ether oxygens (including phenoxy) is 2. The Bertz CT molecular complexity index is 325. The van der Waals surface area contributed by atoms with E-state index in [1.165, 1.54) is 12.8 Å². The van der Waals surface area contributed by atoms with Crippen molar-refractivity contribution in [2.75, 3.05) is 20.3 Å². The second-order valence-electron chi connectivity index (χ2n) is 6.02. The third-order valence-corrected chi connectivity index (χ3v) is 4.33. The summed E-state index contributed by atoms with van der Waals surface area (Å²) in [7, 11) is 1.69. The van der Waals surface area contributed by atoms with Gasteiger partial charge in [-0.2, -0.15) is 5.26 Å². The molecule has 4 nitrogen and oxygen atoms in total. The van der Waals surface area contributed by atoms with Crippen molar-refractivity contribution in [3.8, 4) is 6.07 Å². The summed E-state index contributed by atoms with van der Waals surface area (Å²) in [5, 5.41) is 13.2. The average molecular weight is 266 g/mol. The summed E-state index contributed by atoms with van der Waals surface area (Å²) in [4.78, 5) is 0. The molecule has 2 rings (SSSR count). The molecule has 0 amide bonds. The molecule has 0 aromatic rings. The molecule has 0 spiro atoms. The molecule has 2 aliphatic carbocycles. The maximum absolute atomic E-state index is 9.58. The fourth-order valence-corrected chi connectivity index (χ4v) is 3.12. The second kappa shape index (κ2) is 6.69. The highest BCUT2D eigenvalue weighted by Crippen LogP contribution is 2.40. The van der Waals surface area contributed by atoms with Crippen LogP contribution >= 0.6 is 0 Å². The molecule has 0 radical (unpaired) electrons. The van der Waals surface area contributed by atoms with E-state index in [0.29, 0.717) is 18.6 Å². The first kappa shape index (κ1) is 14.8. The van der Waals surface area contributed by atoms with Crippen LogP contribution in [-0.2, 0) is 9.47 Å². The molecule has 1 N–H and O–H groups in total. The summed E-state index contributed by atoms with van der Waals surface area (Å²) >= 11 is 0. The van der Waals surface area contributed by atoms with Crippen LogP contribution in [0.3, 0.4) is 0 Å². The van der Waals surface area contributed by atoms with Gasteiger partial charge in [0.25, 0.3) is 0 Å². The zero-order chi connectivity index (χ0) is 13.7. The molecule has 0 heterocycles. The zero-order valence-corrected chi connectivity index (χ0v) is 12.2. The first-order valence-electron chi connectivity index (χ1n) is 7.49. The molecule has 3 atom stereocenters. The largest absolute Gasteiger partial charge is 0.382 e. The van der Waals surface area contributed by atoms with Gasteiger partial charge in [0.2, 0.25) is 0 Å². The maximum Gasteiger partial charge on any atom is 0.109 e.